The first-order valence-corrected chi connectivity index (χ1v) is 9.87. The fourth-order valence-corrected chi connectivity index (χ4v) is 3.16. The maximum absolute atomic E-state index is 12.9. The van der Waals surface area contributed by atoms with Crippen molar-refractivity contribution in [1.29, 1.82) is 0 Å². The van der Waals surface area contributed by atoms with E-state index in [-0.39, 0.29) is 11.7 Å². The highest BCUT2D eigenvalue weighted by atomic mass is 19.4. The Bertz CT molecular complexity index is 900. The molecule has 4 nitrogen and oxygen atoms in total. The third-order valence-corrected chi connectivity index (χ3v) is 4.70. The molecule has 0 spiro atoms. The van der Waals surface area contributed by atoms with Crippen LogP contribution in [0.15, 0.2) is 66.1 Å². The maximum atomic E-state index is 12.9. The van der Waals surface area contributed by atoms with Crippen molar-refractivity contribution >= 4 is 5.82 Å². The van der Waals surface area contributed by atoms with Gasteiger partial charge in [-0.25, -0.2) is 4.98 Å². The van der Waals surface area contributed by atoms with Gasteiger partial charge in [-0.15, -0.1) is 13.2 Å². The molecular weight excluding hydrogens is 436 g/mol. The minimum Gasteiger partial charge on any atom is -0.402 e. The number of halogens is 6. The van der Waals surface area contributed by atoms with Gasteiger partial charge in [-0.2, -0.15) is 13.2 Å². The summed E-state index contributed by atoms with van der Waals surface area (Å²) in [5, 5.41) is 6.08. The predicted molar refractivity (Wildman–Crippen MR) is 111 cm³/mol. The number of hydrogen-bond donors (Lipinski definition) is 2. The molecule has 0 radical (unpaired) electrons. The van der Waals surface area contributed by atoms with Crippen LogP contribution >= 0.6 is 0 Å². The summed E-state index contributed by atoms with van der Waals surface area (Å²) in [5.74, 6) is -0.843. The van der Waals surface area contributed by atoms with Crippen LogP contribution in [0, 0.1) is 5.92 Å². The van der Waals surface area contributed by atoms with Crippen molar-refractivity contribution < 1.29 is 31.1 Å². The number of ether oxygens (including phenoxy) is 1. The number of aromatic nitrogens is 1. The largest absolute Gasteiger partial charge is 0.573 e. The van der Waals surface area contributed by atoms with E-state index in [4.69, 9.17) is 0 Å². The Morgan fingerprint density at radius 2 is 1.94 bits per heavy atom. The molecule has 0 saturated carbocycles. The molecule has 2 N–H and O–H groups in total. The van der Waals surface area contributed by atoms with Gasteiger partial charge in [-0.05, 0) is 54.2 Å². The first-order valence-electron chi connectivity index (χ1n) is 9.87. The molecule has 32 heavy (non-hydrogen) atoms. The molecule has 1 atom stereocenters. The second-order valence-corrected chi connectivity index (χ2v) is 7.57. The molecule has 1 saturated heterocycles. The van der Waals surface area contributed by atoms with Gasteiger partial charge >= 0.3 is 12.5 Å². The van der Waals surface area contributed by atoms with Crippen molar-refractivity contribution in [3.8, 4) is 5.75 Å². The van der Waals surface area contributed by atoms with Gasteiger partial charge in [0.15, 0.2) is 11.6 Å². The van der Waals surface area contributed by atoms with E-state index in [1.54, 1.807) is 19.9 Å². The van der Waals surface area contributed by atoms with Crippen LogP contribution in [-0.4, -0.2) is 30.1 Å². The highest BCUT2D eigenvalue weighted by Crippen LogP contribution is 2.32. The molecule has 1 aromatic rings. The Morgan fingerprint density at radius 1 is 1.25 bits per heavy atom. The molecule has 0 amide bonds. The number of alkyl halides is 6. The Morgan fingerprint density at radius 3 is 2.53 bits per heavy atom. The summed E-state index contributed by atoms with van der Waals surface area (Å²) < 4.78 is 80.9. The smallest absolute Gasteiger partial charge is 0.402 e. The topological polar surface area (TPSA) is 46.2 Å². The molecular formula is C22H25F6N3O. The van der Waals surface area contributed by atoms with Crippen molar-refractivity contribution in [2.24, 2.45) is 5.92 Å². The molecule has 1 aromatic heterocycles. The average Bonchev–Trinajstić information content (AvgIpc) is 2.66. The minimum absolute atomic E-state index is 0.0971. The van der Waals surface area contributed by atoms with Gasteiger partial charge in [-0.1, -0.05) is 27.0 Å². The molecule has 2 rings (SSSR count). The van der Waals surface area contributed by atoms with Gasteiger partial charge in [0.1, 0.15) is 0 Å². The number of allylic oxidation sites excluding steroid dienone is 5. The van der Waals surface area contributed by atoms with Crippen molar-refractivity contribution in [2.45, 2.75) is 45.3 Å². The number of anilines is 1. The molecule has 1 unspecified atom stereocenters. The summed E-state index contributed by atoms with van der Waals surface area (Å²) in [5.41, 5.74) is 0.280. The lowest BCUT2D eigenvalue weighted by Crippen LogP contribution is -2.37. The number of pyridine rings is 1. The standard InChI is InChI=1S/C22H25F6N3O/c1-13(2)16(12-15(4)21(23,24)25)14(3)11-18-17(7-5-9-29-18)31-20-19(8-6-10-30-20)32-22(26,27)28/h6,8,10-13,17,29H,3-5,7,9H2,1-2H3,(H,30,31)/b16-12+,18-11-. The third-order valence-electron chi connectivity index (χ3n) is 4.70. The second kappa shape index (κ2) is 10.1. The summed E-state index contributed by atoms with van der Waals surface area (Å²) in [4.78, 5) is 3.94. The summed E-state index contributed by atoms with van der Waals surface area (Å²) in [6, 6.07) is 1.99. The quantitative estimate of drug-likeness (QED) is 0.370. The molecule has 1 fully saturated rings. The Balaban J connectivity index is 2.31. The number of rotatable bonds is 7. The van der Waals surface area contributed by atoms with E-state index in [1.807, 2.05) is 0 Å². The number of hydrogen-bond acceptors (Lipinski definition) is 4. The lowest BCUT2D eigenvalue weighted by molar-refractivity contribution is -0.274. The summed E-state index contributed by atoms with van der Waals surface area (Å²) in [6.45, 7) is 11.1. The molecule has 1 aliphatic heterocycles. The first kappa shape index (κ1) is 25.4. The van der Waals surface area contributed by atoms with Crippen molar-refractivity contribution in [3.05, 3.63) is 66.1 Å². The summed E-state index contributed by atoms with van der Waals surface area (Å²) in [7, 11) is 0. The van der Waals surface area contributed by atoms with Crippen LogP contribution in [0.4, 0.5) is 32.2 Å². The van der Waals surface area contributed by atoms with Gasteiger partial charge < -0.3 is 15.4 Å². The maximum Gasteiger partial charge on any atom is 0.573 e. The lowest BCUT2D eigenvalue weighted by Gasteiger charge is -2.29. The van der Waals surface area contributed by atoms with Crippen LogP contribution in [0.25, 0.3) is 0 Å². The number of nitrogens with zero attached hydrogens (tertiary/aromatic N) is 1. The van der Waals surface area contributed by atoms with E-state index in [2.05, 4.69) is 33.5 Å². The highest BCUT2D eigenvalue weighted by molar-refractivity contribution is 5.53. The monoisotopic (exact) mass is 461 g/mol. The van der Waals surface area contributed by atoms with E-state index in [0.29, 0.717) is 29.8 Å². The normalized spacial score (nSPS) is 19.0. The Kier molecular flexibility index (Phi) is 8.03. The van der Waals surface area contributed by atoms with Crippen molar-refractivity contribution in [1.82, 2.24) is 10.3 Å². The van der Waals surface area contributed by atoms with E-state index in [9.17, 15) is 26.3 Å². The third kappa shape index (κ3) is 7.35. The molecule has 176 valence electrons. The minimum atomic E-state index is -4.88. The Labute approximate surface area is 182 Å². The number of piperidine rings is 1. The van der Waals surface area contributed by atoms with Crippen LogP contribution in [0.2, 0.25) is 0 Å². The van der Waals surface area contributed by atoms with E-state index < -0.39 is 29.9 Å². The molecule has 2 heterocycles. The zero-order valence-electron chi connectivity index (χ0n) is 17.7. The predicted octanol–water partition coefficient (Wildman–Crippen LogP) is 6.29. The second-order valence-electron chi connectivity index (χ2n) is 7.57. The van der Waals surface area contributed by atoms with Gasteiger partial charge in [-0.3, -0.25) is 0 Å². The fourth-order valence-electron chi connectivity index (χ4n) is 3.16. The molecule has 0 aliphatic carbocycles. The van der Waals surface area contributed by atoms with Crippen LogP contribution in [-0.2, 0) is 0 Å². The summed E-state index contributed by atoms with van der Waals surface area (Å²) >= 11 is 0. The Hall–Kier alpha value is -2.91. The molecule has 1 aliphatic rings. The van der Waals surface area contributed by atoms with Crippen molar-refractivity contribution in [3.63, 3.8) is 0 Å². The molecule has 0 bridgehead atoms. The van der Waals surface area contributed by atoms with Gasteiger partial charge in [0.2, 0.25) is 0 Å². The number of nitrogens with one attached hydrogen (secondary N) is 2. The van der Waals surface area contributed by atoms with Gasteiger partial charge in [0.25, 0.3) is 0 Å². The van der Waals surface area contributed by atoms with Crippen molar-refractivity contribution in [2.75, 3.05) is 11.9 Å². The van der Waals surface area contributed by atoms with Crippen LogP contribution < -0.4 is 15.4 Å². The van der Waals surface area contributed by atoms with Gasteiger partial charge in [0, 0.05) is 24.0 Å². The molecule has 10 heteroatoms. The molecule has 0 aromatic carbocycles. The summed E-state index contributed by atoms with van der Waals surface area (Å²) in [6.07, 6.45) is -4.27. The van der Waals surface area contributed by atoms with Crippen LogP contribution in [0.1, 0.15) is 26.7 Å². The van der Waals surface area contributed by atoms with E-state index in [0.717, 1.165) is 18.6 Å². The van der Waals surface area contributed by atoms with Crippen LogP contribution in [0.5, 0.6) is 5.75 Å². The van der Waals surface area contributed by atoms with Gasteiger partial charge in [0.05, 0.1) is 6.04 Å². The highest BCUT2D eigenvalue weighted by Gasteiger charge is 2.33. The first-order chi connectivity index (χ1) is 14.8. The SMILES string of the molecule is C=C(/C=C1\NCCCC1Nc1ncccc1OC(F)(F)F)/C(=C/C(=C)C(F)(F)F)C(C)C. The zero-order valence-corrected chi connectivity index (χ0v) is 17.7. The lowest BCUT2D eigenvalue weighted by atomic mass is 9.91. The average molecular weight is 461 g/mol. The fraction of sp³-hybridized carbons (Fsp3) is 0.409. The van der Waals surface area contributed by atoms with Crippen LogP contribution in [0.3, 0.4) is 0 Å². The zero-order chi connectivity index (χ0) is 24.1. The van der Waals surface area contributed by atoms with E-state index in [1.165, 1.54) is 12.3 Å². The van der Waals surface area contributed by atoms with E-state index >= 15 is 0 Å².